The highest BCUT2D eigenvalue weighted by Gasteiger charge is 2.23. The van der Waals surface area contributed by atoms with Crippen molar-refractivity contribution >= 4 is 29.7 Å². The highest BCUT2D eigenvalue weighted by Crippen LogP contribution is 2.00. The lowest BCUT2D eigenvalue weighted by atomic mass is 10.4. The van der Waals surface area contributed by atoms with E-state index in [1.165, 1.54) is 9.80 Å². The van der Waals surface area contributed by atoms with Gasteiger partial charge in [-0.3, -0.25) is 14.4 Å². The lowest BCUT2D eigenvalue weighted by Gasteiger charge is -2.26. The van der Waals surface area contributed by atoms with Gasteiger partial charge in [-0.1, -0.05) is 0 Å². The zero-order valence-corrected chi connectivity index (χ0v) is 14.6. The third-order valence-corrected chi connectivity index (χ3v) is 3.69. The Bertz CT molecular complexity index is 625. The predicted molar refractivity (Wildman–Crippen MR) is 86.0 cm³/mol. The Morgan fingerprint density at radius 3 is 1.93 bits per heavy atom. The lowest BCUT2D eigenvalue weighted by Crippen LogP contribution is -2.45. The Labute approximate surface area is 154 Å². The predicted octanol–water partition coefficient (Wildman–Crippen LogP) is -2.13. The van der Waals surface area contributed by atoms with Crippen molar-refractivity contribution < 1.29 is 42.9 Å². The second-order valence-electron chi connectivity index (χ2n) is 5.58. The van der Waals surface area contributed by atoms with Crippen LogP contribution in [0.5, 0.6) is 0 Å². The second kappa shape index (κ2) is 10.3. The minimum atomic E-state index is -0.931. The third-order valence-electron chi connectivity index (χ3n) is 3.69. The molecule has 0 aliphatic carbocycles. The SMILES string of the molecule is O=C(/C=C/C(=O)OCC(=O)N1CCOC(=O)C1)OCC(=O)N1CCOCC1. The average molecular weight is 384 g/mol. The van der Waals surface area contributed by atoms with E-state index in [4.69, 9.17) is 18.9 Å². The number of nitrogens with zero attached hydrogens (tertiary/aromatic N) is 2. The average Bonchev–Trinajstić information content (AvgIpc) is 2.69. The van der Waals surface area contributed by atoms with Crippen molar-refractivity contribution in [3.8, 4) is 0 Å². The number of carbonyl (C=O) groups excluding carboxylic acids is 5. The maximum Gasteiger partial charge on any atom is 0.331 e. The minimum absolute atomic E-state index is 0.0907. The summed E-state index contributed by atoms with van der Waals surface area (Å²) in [6.45, 7) is 0.835. The summed E-state index contributed by atoms with van der Waals surface area (Å²) in [6, 6.07) is 0. The molecule has 2 saturated heterocycles. The zero-order valence-electron chi connectivity index (χ0n) is 14.6. The standard InChI is InChI=1S/C16H20N2O9/c19-12(17-3-6-24-7-4-17)10-26-14(21)1-2-15(22)27-11-13(20)18-5-8-25-16(23)9-18/h1-2H,3-11H2/b2-1+. The van der Waals surface area contributed by atoms with E-state index in [9.17, 15) is 24.0 Å². The molecule has 27 heavy (non-hydrogen) atoms. The molecule has 0 N–H and O–H groups in total. The fraction of sp³-hybridized carbons (Fsp3) is 0.562. The van der Waals surface area contributed by atoms with Crippen LogP contribution in [-0.2, 0) is 42.9 Å². The van der Waals surface area contributed by atoms with Crippen LogP contribution in [0.1, 0.15) is 0 Å². The molecule has 0 unspecified atom stereocenters. The first kappa shape index (κ1) is 20.4. The lowest BCUT2D eigenvalue weighted by molar-refractivity contribution is -0.159. The number of esters is 3. The van der Waals surface area contributed by atoms with Crippen molar-refractivity contribution in [2.45, 2.75) is 0 Å². The zero-order chi connectivity index (χ0) is 19.6. The van der Waals surface area contributed by atoms with E-state index < -0.39 is 37.0 Å². The van der Waals surface area contributed by atoms with Crippen molar-refractivity contribution in [3.63, 3.8) is 0 Å². The van der Waals surface area contributed by atoms with E-state index in [1.807, 2.05) is 0 Å². The summed E-state index contributed by atoms with van der Waals surface area (Å²) in [6.07, 6.45) is 1.59. The normalized spacial score (nSPS) is 17.4. The van der Waals surface area contributed by atoms with E-state index in [0.29, 0.717) is 26.3 Å². The van der Waals surface area contributed by atoms with Crippen LogP contribution in [0.4, 0.5) is 0 Å². The first-order valence-electron chi connectivity index (χ1n) is 8.26. The molecule has 2 rings (SSSR count). The van der Waals surface area contributed by atoms with Gasteiger partial charge in [0.15, 0.2) is 13.2 Å². The van der Waals surface area contributed by atoms with Gasteiger partial charge in [-0.05, 0) is 0 Å². The quantitative estimate of drug-likeness (QED) is 0.286. The van der Waals surface area contributed by atoms with E-state index in [1.54, 1.807) is 0 Å². The fourth-order valence-electron chi connectivity index (χ4n) is 2.26. The molecule has 148 valence electrons. The Hall–Kier alpha value is -2.95. The number of hydrogen-bond acceptors (Lipinski definition) is 9. The van der Waals surface area contributed by atoms with Crippen LogP contribution in [0.2, 0.25) is 0 Å². The van der Waals surface area contributed by atoms with E-state index in [-0.39, 0.29) is 25.6 Å². The summed E-state index contributed by atoms with van der Waals surface area (Å²) in [5.74, 6) is -3.26. The number of morpholine rings is 2. The van der Waals surface area contributed by atoms with Gasteiger partial charge in [-0.15, -0.1) is 0 Å². The van der Waals surface area contributed by atoms with Gasteiger partial charge in [0.05, 0.1) is 19.8 Å². The molecule has 0 bridgehead atoms. The summed E-state index contributed by atoms with van der Waals surface area (Å²) in [7, 11) is 0. The molecular weight excluding hydrogens is 364 g/mol. The number of ether oxygens (including phenoxy) is 4. The number of amides is 2. The van der Waals surface area contributed by atoms with Gasteiger partial charge >= 0.3 is 17.9 Å². The summed E-state index contributed by atoms with van der Waals surface area (Å²) in [5, 5.41) is 0. The summed E-state index contributed by atoms with van der Waals surface area (Å²) >= 11 is 0. The molecule has 2 aliphatic heterocycles. The summed E-state index contributed by atoms with van der Waals surface area (Å²) < 4.78 is 19.2. The van der Waals surface area contributed by atoms with Crippen molar-refractivity contribution in [1.29, 1.82) is 0 Å². The van der Waals surface area contributed by atoms with Crippen LogP contribution in [0.3, 0.4) is 0 Å². The van der Waals surface area contributed by atoms with E-state index >= 15 is 0 Å². The van der Waals surface area contributed by atoms with Crippen LogP contribution in [0.15, 0.2) is 12.2 Å². The molecule has 0 aromatic heterocycles. The second-order valence-corrected chi connectivity index (χ2v) is 5.58. The molecule has 2 heterocycles. The first-order chi connectivity index (χ1) is 13.0. The summed E-state index contributed by atoms with van der Waals surface area (Å²) in [4.78, 5) is 60.4. The van der Waals surface area contributed by atoms with E-state index in [0.717, 1.165) is 12.2 Å². The highest BCUT2D eigenvalue weighted by molar-refractivity contribution is 5.93. The topological polar surface area (TPSA) is 129 Å². The Morgan fingerprint density at radius 2 is 1.37 bits per heavy atom. The molecule has 0 aromatic carbocycles. The molecule has 2 amide bonds. The largest absolute Gasteiger partial charge is 0.462 e. The Morgan fingerprint density at radius 1 is 0.852 bits per heavy atom. The third kappa shape index (κ3) is 7.05. The molecule has 0 saturated carbocycles. The van der Waals surface area contributed by atoms with Crippen LogP contribution in [0.25, 0.3) is 0 Å². The number of hydrogen-bond donors (Lipinski definition) is 0. The maximum atomic E-state index is 11.8. The fourth-order valence-corrected chi connectivity index (χ4v) is 2.26. The number of cyclic esters (lactones) is 1. The van der Waals surface area contributed by atoms with Gasteiger partial charge in [-0.25, -0.2) is 9.59 Å². The Balaban J connectivity index is 1.64. The smallest absolute Gasteiger partial charge is 0.331 e. The van der Waals surface area contributed by atoms with E-state index in [2.05, 4.69) is 0 Å². The highest BCUT2D eigenvalue weighted by atomic mass is 16.5. The van der Waals surface area contributed by atoms with Crippen LogP contribution in [-0.4, -0.2) is 98.7 Å². The van der Waals surface area contributed by atoms with Crippen molar-refractivity contribution in [1.82, 2.24) is 9.80 Å². The van der Waals surface area contributed by atoms with Crippen LogP contribution < -0.4 is 0 Å². The molecule has 0 atom stereocenters. The maximum absolute atomic E-state index is 11.8. The molecule has 11 heteroatoms. The van der Waals surface area contributed by atoms with Gasteiger partial charge in [-0.2, -0.15) is 0 Å². The number of carbonyl (C=O) groups is 5. The molecule has 0 aromatic rings. The molecule has 0 radical (unpaired) electrons. The summed E-state index contributed by atoms with van der Waals surface area (Å²) in [5.41, 5.74) is 0. The van der Waals surface area contributed by atoms with Gasteiger partial charge in [0.2, 0.25) is 0 Å². The van der Waals surface area contributed by atoms with Gasteiger partial charge in [0.1, 0.15) is 13.2 Å². The molecule has 2 aliphatic rings. The van der Waals surface area contributed by atoms with Crippen molar-refractivity contribution in [2.24, 2.45) is 0 Å². The monoisotopic (exact) mass is 384 g/mol. The molecule has 11 nitrogen and oxygen atoms in total. The van der Waals surface area contributed by atoms with Crippen molar-refractivity contribution in [2.75, 3.05) is 59.2 Å². The molecule has 0 spiro atoms. The van der Waals surface area contributed by atoms with Crippen molar-refractivity contribution in [3.05, 3.63) is 12.2 Å². The molecular formula is C16H20N2O9. The van der Waals surface area contributed by atoms with Gasteiger partial charge in [0, 0.05) is 25.2 Å². The van der Waals surface area contributed by atoms with Crippen LogP contribution >= 0.6 is 0 Å². The minimum Gasteiger partial charge on any atom is -0.462 e. The van der Waals surface area contributed by atoms with Gasteiger partial charge in [0.25, 0.3) is 11.8 Å². The first-order valence-corrected chi connectivity index (χ1v) is 8.26. The number of rotatable bonds is 6. The Kier molecular flexibility index (Phi) is 7.74. The molecule has 2 fully saturated rings. The van der Waals surface area contributed by atoms with Gasteiger partial charge < -0.3 is 28.7 Å². The van der Waals surface area contributed by atoms with Crippen LogP contribution in [0, 0.1) is 0 Å².